The Kier molecular flexibility index (Phi) is 3.46. The largest absolute Gasteiger partial charge is 0.454 e. The molecular weight excluding hydrogens is 330 g/mol. The summed E-state index contributed by atoms with van der Waals surface area (Å²) >= 11 is 6.15. The fourth-order valence-corrected chi connectivity index (χ4v) is 2.83. The summed E-state index contributed by atoms with van der Waals surface area (Å²) in [6.45, 7) is 1.88. The van der Waals surface area contributed by atoms with Crippen LogP contribution in [0.25, 0.3) is 10.9 Å². The van der Waals surface area contributed by atoms with Crippen molar-refractivity contribution in [3.63, 3.8) is 0 Å². The van der Waals surface area contributed by atoms with E-state index in [-0.39, 0.29) is 12.4 Å². The van der Waals surface area contributed by atoms with Crippen LogP contribution in [-0.2, 0) is 0 Å². The van der Waals surface area contributed by atoms with Crippen LogP contribution in [0.2, 0.25) is 5.02 Å². The van der Waals surface area contributed by atoms with Gasteiger partial charge < -0.3 is 9.47 Å². The normalized spacial score (nSPS) is 13.1. The van der Waals surface area contributed by atoms with E-state index in [4.69, 9.17) is 21.1 Å². The summed E-state index contributed by atoms with van der Waals surface area (Å²) in [4.78, 5) is 17.0. The lowest BCUT2D eigenvalue weighted by molar-refractivity contribution is 0.174. The van der Waals surface area contributed by atoms with Gasteiger partial charge in [-0.1, -0.05) is 23.7 Å². The van der Waals surface area contributed by atoms with Crippen molar-refractivity contribution in [3.8, 4) is 11.5 Å². The van der Waals surface area contributed by atoms with Gasteiger partial charge in [0.15, 0.2) is 11.5 Å². The number of benzene rings is 2. The summed E-state index contributed by atoms with van der Waals surface area (Å²) in [5, 5.41) is 5.21. The minimum absolute atomic E-state index is 0.142. The molecule has 7 heteroatoms. The summed E-state index contributed by atoms with van der Waals surface area (Å²) < 4.78 is 11.9. The Morgan fingerprint density at radius 1 is 1.29 bits per heavy atom. The van der Waals surface area contributed by atoms with Crippen molar-refractivity contribution in [1.29, 1.82) is 0 Å². The monoisotopic (exact) mass is 341 g/mol. The number of nitrogens with zero attached hydrogens (tertiary/aromatic N) is 3. The van der Waals surface area contributed by atoms with E-state index in [1.54, 1.807) is 43.5 Å². The predicted octanol–water partition coefficient (Wildman–Crippen LogP) is 2.97. The molecule has 0 saturated carbocycles. The molecule has 4 rings (SSSR count). The van der Waals surface area contributed by atoms with Gasteiger partial charge in [-0.15, -0.1) is 0 Å². The van der Waals surface area contributed by atoms with Crippen LogP contribution >= 0.6 is 11.6 Å². The first-order valence-corrected chi connectivity index (χ1v) is 7.63. The molecule has 2 aromatic carbocycles. The zero-order valence-electron chi connectivity index (χ0n) is 12.7. The smallest absolute Gasteiger partial charge is 0.282 e. The van der Waals surface area contributed by atoms with Crippen molar-refractivity contribution in [2.45, 2.75) is 6.92 Å². The standard InChI is InChI=1S/C17H12ClN3O3/c1-10-20-14-5-3-2-4-12(14)17(22)21(10)19-8-11-6-13(18)16-15(7-11)23-9-24-16/h2-8H,9H2,1H3. The highest BCUT2D eigenvalue weighted by molar-refractivity contribution is 6.32. The molecule has 2 heterocycles. The number of fused-ring (bicyclic) bond motifs is 2. The van der Waals surface area contributed by atoms with Gasteiger partial charge in [0.25, 0.3) is 5.56 Å². The molecule has 0 aliphatic carbocycles. The minimum Gasteiger partial charge on any atom is -0.454 e. The molecule has 3 aromatic rings. The van der Waals surface area contributed by atoms with Gasteiger partial charge in [-0.05, 0) is 36.8 Å². The number of aryl methyl sites for hydroxylation is 1. The van der Waals surface area contributed by atoms with Gasteiger partial charge >= 0.3 is 0 Å². The maximum atomic E-state index is 12.6. The van der Waals surface area contributed by atoms with E-state index in [1.807, 2.05) is 6.07 Å². The van der Waals surface area contributed by atoms with Gasteiger partial charge in [0, 0.05) is 0 Å². The fraction of sp³-hybridized carbons (Fsp3) is 0.118. The average molecular weight is 342 g/mol. The van der Waals surface area contributed by atoms with Gasteiger partial charge in [0.05, 0.1) is 22.1 Å². The van der Waals surface area contributed by atoms with E-state index in [1.165, 1.54) is 4.68 Å². The van der Waals surface area contributed by atoms with Crippen LogP contribution in [0, 0.1) is 6.92 Å². The van der Waals surface area contributed by atoms with Gasteiger partial charge in [-0.2, -0.15) is 9.78 Å². The van der Waals surface area contributed by atoms with Crippen molar-refractivity contribution in [3.05, 3.63) is 63.2 Å². The molecule has 1 aliphatic heterocycles. The van der Waals surface area contributed by atoms with Gasteiger partial charge in [-0.25, -0.2) is 4.98 Å². The second-order valence-corrected chi connectivity index (χ2v) is 5.68. The molecule has 0 amide bonds. The summed E-state index contributed by atoms with van der Waals surface area (Å²) in [5.74, 6) is 1.58. The SMILES string of the molecule is Cc1nc2ccccc2c(=O)n1N=Cc1cc(Cl)c2c(c1)OCO2. The summed E-state index contributed by atoms with van der Waals surface area (Å²) in [6.07, 6.45) is 1.54. The number of halogens is 1. The first-order chi connectivity index (χ1) is 11.6. The number of ether oxygens (including phenoxy) is 2. The van der Waals surface area contributed by atoms with Crippen LogP contribution in [-0.4, -0.2) is 22.7 Å². The molecule has 0 fully saturated rings. The lowest BCUT2D eigenvalue weighted by Gasteiger charge is -2.05. The molecule has 0 atom stereocenters. The van der Waals surface area contributed by atoms with Crippen LogP contribution in [0.4, 0.5) is 0 Å². The molecule has 0 bridgehead atoms. The maximum absolute atomic E-state index is 12.6. The molecule has 1 aromatic heterocycles. The third-order valence-corrected chi connectivity index (χ3v) is 3.97. The summed E-state index contributed by atoms with van der Waals surface area (Å²) in [5.41, 5.74) is 1.13. The Labute approximate surface area is 141 Å². The van der Waals surface area contributed by atoms with E-state index in [9.17, 15) is 4.79 Å². The van der Waals surface area contributed by atoms with Crippen molar-refractivity contribution >= 4 is 28.7 Å². The van der Waals surface area contributed by atoms with E-state index in [2.05, 4.69) is 10.1 Å². The second kappa shape index (κ2) is 5.65. The maximum Gasteiger partial charge on any atom is 0.282 e. The summed E-state index contributed by atoms with van der Waals surface area (Å²) in [7, 11) is 0. The molecule has 0 unspecified atom stereocenters. The Bertz CT molecular complexity index is 1040. The van der Waals surface area contributed by atoms with Crippen LogP contribution in [0.5, 0.6) is 11.5 Å². The Morgan fingerprint density at radius 2 is 2.12 bits per heavy atom. The lowest BCUT2D eigenvalue weighted by atomic mass is 10.2. The molecule has 24 heavy (non-hydrogen) atoms. The topological polar surface area (TPSA) is 65.7 Å². The number of hydrogen-bond donors (Lipinski definition) is 0. The van der Waals surface area contributed by atoms with E-state index in [0.29, 0.717) is 38.8 Å². The van der Waals surface area contributed by atoms with Gasteiger partial charge in [0.1, 0.15) is 5.82 Å². The number of hydrogen-bond acceptors (Lipinski definition) is 5. The average Bonchev–Trinajstić information content (AvgIpc) is 3.04. The number of aromatic nitrogens is 2. The van der Waals surface area contributed by atoms with Crippen molar-refractivity contribution in [2.24, 2.45) is 5.10 Å². The van der Waals surface area contributed by atoms with Crippen LogP contribution in [0.15, 0.2) is 46.3 Å². The van der Waals surface area contributed by atoms with Crippen LogP contribution in [0.3, 0.4) is 0 Å². The highest BCUT2D eigenvalue weighted by atomic mass is 35.5. The highest BCUT2D eigenvalue weighted by Crippen LogP contribution is 2.39. The molecule has 0 saturated heterocycles. The molecule has 0 radical (unpaired) electrons. The van der Waals surface area contributed by atoms with E-state index in [0.717, 1.165) is 0 Å². The highest BCUT2D eigenvalue weighted by Gasteiger charge is 2.17. The first-order valence-electron chi connectivity index (χ1n) is 7.25. The first kappa shape index (κ1) is 14.7. The lowest BCUT2D eigenvalue weighted by Crippen LogP contribution is -2.20. The quantitative estimate of drug-likeness (QED) is 0.672. The van der Waals surface area contributed by atoms with Gasteiger partial charge in [-0.3, -0.25) is 4.79 Å². The second-order valence-electron chi connectivity index (χ2n) is 5.27. The minimum atomic E-state index is -0.221. The van der Waals surface area contributed by atoms with Gasteiger partial charge in [0.2, 0.25) is 6.79 Å². The Hall–Kier alpha value is -2.86. The molecule has 6 nitrogen and oxygen atoms in total. The third-order valence-electron chi connectivity index (χ3n) is 3.69. The molecule has 0 spiro atoms. The molecular formula is C17H12ClN3O3. The zero-order valence-corrected chi connectivity index (χ0v) is 13.4. The molecule has 1 aliphatic rings. The van der Waals surface area contributed by atoms with E-state index < -0.39 is 0 Å². The van der Waals surface area contributed by atoms with Crippen molar-refractivity contribution < 1.29 is 9.47 Å². The molecule has 0 N–H and O–H groups in total. The van der Waals surface area contributed by atoms with E-state index >= 15 is 0 Å². The Balaban J connectivity index is 1.78. The van der Waals surface area contributed by atoms with Crippen LogP contribution in [0.1, 0.15) is 11.4 Å². The van der Waals surface area contributed by atoms with Crippen LogP contribution < -0.4 is 15.0 Å². The Morgan fingerprint density at radius 3 is 3.00 bits per heavy atom. The molecule has 120 valence electrons. The van der Waals surface area contributed by atoms with Crippen molar-refractivity contribution in [2.75, 3.05) is 6.79 Å². The number of para-hydroxylation sites is 1. The zero-order chi connectivity index (χ0) is 16.7. The third kappa shape index (κ3) is 2.41. The van der Waals surface area contributed by atoms with Crippen molar-refractivity contribution in [1.82, 2.24) is 9.66 Å². The number of rotatable bonds is 2. The predicted molar refractivity (Wildman–Crippen MR) is 91.3 cm³/mol. The fourth-order valence-electron chi connectivity index (χ4n) is 2.56. The summed E-state index contributed by atoms with van der Waals surface area (Å²) in [6, 6.07) is 10.6.